The van der Waals surface area contributed by atoms with Crippen molar-refractivity contribution in [2.24, 2.45) is 0 Å². The van der Waals surface area contributed by atoms with E-state index in [1.54, 1.807) is 0 Å². The van der Waals surface area contributed by atoms with Gasteiger partial charge in [-0.1, -0.05) is 164 Å². The van der Waals surface area contributed by atoms with Crippen LogP contribution < -0.4 is 0 Å². The van der Waals surface area contributed by atoms with Crippen molar-refractivity contribution in [3.63, 3.8) is 0 Å². The number of furan rings is 1. The van der Waals surface area contributed by atoms with Gasteiger partial charge in [-0.2, -0.15) is 9.97 Å². The lowest BCUT2D eigenvalue weighted by Crippen LogP contribution is -2.32. The first-order valence-corrected chi connectivity index (χ1v) is 19.3. The average molecular weight is 729 g/mol. The number of para-hydroxylation sites is 3. The fraction of sp³-hybridized carbons (Fsp3) is 0.0192. The monoisotopic (exact) mass is 728 g/mol. The molecule has 5 nitrogen and oxygen atoms in total. The number of rotatable bonds is 5. The lowest BCUT2D eigenvalue weighted by molar-refractivity contribution is 0.669. The molecule has 0 unspecified atom stereocenters. The summed E-state index contributed by atoms with van der Waals surface area (Å²) in [6.07, 6.45) is 0. The first kappa shape index (κ1) is 31.7. The van der Waals surface area contributed by atoms with Crippen LogP contribution in [-0.4, -0.2) is 19.5 Å². The molecule has 0 radical (unpaired) electrons. The van der Waals surface area contributed by atoms with Crippen LogP contribution in [0.4, 0.5) is 0 Å². The number of hydrogen-bond donors (Lipinski definition) is 0. The molecule has 0 atom stereocenters. The van der Waals surface area contributed by atoms with Gasteiger partial charge in [0.2, 0.25) is 5.95 Å². The summed E-state index contributed by atoms with van der Waals surface area (Å²) in [6.45, 7) is 0. The van der Waals surface area contributed by atoms with Gasteiger partial charge in [-0.25, -0.2) is 4.98 Å². The maximum absolute atomic E-state index is 6.28. The molecule has 0 N–H and O–H groups in total. The third-order valence-corrected chi connectivity index (χ3v) is 11.7. The van der Waals surface area contributed by atoms with Gasteiger partial charge in [0.25, 0.3) is 0 Å². The smallest absolute Gasteiger partial charge is 0.238 e. The summed E-state index contributed by atoms with van der Waals surface area (Å²) in [5.41, 5.74) is 11.7. The van der Waals surface area contributed by atoms with Crippen molar-refractivity contribution < 1.29 is 4.42 Å². The summed E-state index contributed by atoms with van der Waals surface area (Å²) in [6, 6.07) is 68.3. The molecule has 1 aliphatic rings. The Kier molecular flexibility index (Phi) is 6.78. The molecule has 1 aliphatic carbocycles. The zero-order chi connectivity index (χ0) is 37.5. The molecule has 3 heterocycles. The Labute approximate surface area is 328 Å². The second-order valence-electron chi connectivity index (χ2n) is 14.7. The second-order valence-corrected chi connectivity index (χ2v) is 14.7. The van der Waals surface area contributed by atoms with E-state index in [1.165, 1.54) is 11.1 Å². The number of nitrogens with zero attached hydrogens (tertiary/aromatic N) is 4. The van der Waals surface area contributed by atoms with Gasteiger partial charge in [-0.3, -0.25) is 4.57 Å². The van der Waals surface area contributed by atoms with Crippen molar-refractivity contribution >= 4 is 43.7 Å². The minimum Gasteiger partial charge on any atom is -0.456 e. The Morgan fingerprint density at radius 3 is 1.82 bits per heavy atom. The van der Waals surface area contributed by atoms with Gasteiger partial charge in [0.15, 0.2) is 11.6 Å². The van der Waals surface area contributed by atoms with Crippen LogP contribution in [0.2, 0.25) is 0 Å². The number of aromatic nitrogens is 4. The predicted molar refractivity (Wildman–Crippen MR) is 230 cm³/mol. The van der Waals surface area contributed by atoms with Crippen molar-refractivity contribution in [3.8, 4) is 39.6 Å². The molecule has 0 bridgehead atoms. The van der Waals surface area contributed by atoms with Gasteiger partial charge in [0.1, 0.15) is 16.6 Å². The van der Waals surface area contributed by atoms with Crippen LogP contribution in [0, 0.1) is 0 Å². The highest BCUT2D eigenvalue weighted by Gasteiger charge is 2.49. The standard InChI is InChI=1S/C52H32N4O/c1-3-16-33(17-4-1)36-24-15-25-41-39-22-9-13-28-45(39)56(48(36)41)51-54-49(34-30-31-47-42(32-34)40-23-10-14-29-46(40)57-47)53-50(55-51)52(35-18-5-2-6-19-35)43-26-11-7-20-37(43)38-21-8-12-27-44(38)52/h1-32H. The van der Waals surface area contributed by atoms with Gasteiger partial charge < -0.3 is 4.42 Å². The van der Waals surface area contributed by atoms with E-state index >= 15 is 0 Å². The topological polar surface area (TPSA) is 56.7 Å². The third-order valence-electron chi connectivity index (χ3n) is 11.7. The van der Waals surface area contributed by atoms with E-state index in [4.69, 9.17) is 19.4 Å². The fourth-order valence-electron chi connectivity index (χ4n) is 9.31. The Bertz CT molecular complexity index is 3320. The molecule has 0 amide bonds. The van der Waals surface area contributed by atoms with E-state index in [2.05, 4.69) is 174 Å². The molecular formula is C52H32N4O. The van der Waals surface area contributed by atoms with Crippen molar-refractivity contribution in [1.29, 1.82) is 0 Å². The highest BCUT2D eigenvalue weighted by atomic mass is 16.3. The lowest BCUT2D eigenvalue weighted by Gasteiger charge is -2.32. The van der Waals surface area contributed by atoms with Gasteiger partial charge in [0.05, 0.1) is 11.0 Å². The zero-order valence-electron chi connectivity index (χ0n) is 30.7. The number of benzene rings is 8. The molecule has 0 fully saturated rings. The van der Waals surface area contributed by atoms with Crippen LogP contribution in [0.5, 0.6) is 0 Å². The van der Waals surface area contributed by atoms with Gasteiger partial charge in [-0.15, -0.1) is 0 Å². The van der Waals surface area contributed by atoms with E-state index in [0.717, 1.165) is 77.1 Å². The van der Waals surface area contributed by atoms with E-state index in [1.807, 2.05) is 24.3 Å². The third kappa shape index (κ3) is 4.54. The van der Waals surface area contributed by atoms with Crippen molar-refractivity contribution in [1.82, 2.24) is 19.5 Å². The fourth-order valence-corrected chi connectivity index (χ4v) is 9.31. The molecule has 0 aliphatic heterocycles. The molecule has 8 aromatic carbocycles. The van der Waals surface area contributed by atoms with Crippen molar-refractivity contribution in [2.75, 3.05) is 0 Å². The number of hydrogen-bond acceptors (Lipinski definition) is 4. The molecule has 0 spiro atoms. The van der Waals surface area contributed by atoms with E-state index < -0.39 is 5.41 Å². The molecular weight excluding hydrogens is 697 g/mol. The van der Waals surface area contributed by atoms with Gasteiger partial charge in [-0.05, 0) is 63.7 Å². The van der Waals surface area contributed by atoms with Crippen molar-refractivity contribution in [2.45, 2.75) is 5.41 Å². The Morgan fingerprint density at radius 2 is 1.04 bits per heavy atom. The molecule has 12 rings (SSSR count). The summed E-state index contributed by atoms with van der Waals surface area (Å²) >= 11 is 0. The van der Waals surface area contributed by atoms with Crippen LogP contribution in [0.1, 0.15) is 22.5 Å². The first-order chi connectivity index (χ1) is 28.3. The summed E-state index contributed by atoms with van der Waals surface area (Å²) in [4.78, 5) is 16.7. The average Bonchev–Trinajstić information content (AvgIpc) is 3.93. The van der Waals surface area contributed by atoms with E-state index in [-0.39, 0.29) is 0 Å². The van der Waals surface area contributed by atoms with Gasteiger partial charge >= 0.3 is 0 Å². The molecule has 11 aromatic rings. The zero-order valence-corrected chi connectivity index (χ0v) is 30.7. The van der Waals surface area contributed by atoms with Crippen LogP contribution >= 0.6 is 0 Å². The minimum atomic E-state index is -0.839. The van der Waals surface area contributed by atoms with Gasteiger partial charge in [0, 0.05) is 32.7 Å². The Balaban J connectivity index is 1.24. The minimum absolute atomic E-state index is 0.555. The molecule has 5 heteroatoms. The van der Waals surface area contributed by atoms with Crippen molar-refractivity contribution in [3.05, 3.63) is 217 Å². The summed E-state index contributed by atoms with van der Waals surface area (Å²) in [5.74, 6) is 1.80. The molecule has 0 saturated carbocycles. The maximum atomic E-state index is 6.28. The summed E-state index contributed by atoms with van der Waals surface area (Å²) in [5, 5.41) is 4.34. The van der Waals surface area contributed by atoms with E-state index in [0.29, 0.717) is 17.6 Å². The van der Waals surface area contributed by atoms with E-state index in [9.17, 15) is 0 Å². The summed E-state index contributed by atoms with van der Waals surface area (Å²) in [7, 11) is 0. The SMILES string of the molecule is c1ccc(-c2cccc3c4ccccc4n(-c4nc(-c5ccc6oc7ccccc7c6c5)nc(C5(c6ccccc6)c6ccccc6-c6ccccc65)n4)c23)cc1. The highest BCUT2D eigenvalue weighted by Crippen LogP contribution is 2.55. The molecule has 3 aromatic heterocycles. The number of fused-ring (bicyclic) bond motifs is 9. The Hall–Kier alpha value is -7.63. The summed E-state index contributed by atoms with van der Waals surface area (Å²) < 4.78 is 8.53. The molecule has 57 heavy (non-hydrogen) atoms. The van der Waals surface area contributed by atoms with Crippen LogP contribution in [0.15, 0.2) is 199 Å². The predicted octanol–water partition coefficient (Wildman–Crippen LogP) is 12.6. The first-order valence-electron chi connectivity index (χ1n) is 19.3. The molecule has 0 saturated heterocycles. The highest BCUT2D eigenvalue weighted by molar-refractivity contribution is 6.13. The quantitative estimate of drug-likeness (QED) is 0.177. The van der Waals surface area contributed by atoms with Crippen LogP contribution in [0.25, 0.3) is 83.3 Å². The second kappa shape index (κ2) is 12.2. The van der Waals surface area contributed by atoms with Crippen LogP contribution in [0.3, 0.4) is 0 Å². The Morgan fingerprint density at radius 1 is 0.421 bits per heavy atom. The molecule has 266 valence electrons. The largest absolute Gasteiger partial charge is 0.456 e. The van der Waals surface area contributed by atoms with Crippen LogP contribution in [-0.2, 0) is 5.41 Å². The maximum Gasteiger partial charge on any atom is 0.238 e. The lowest BCUT2D eigenvalue weighted by atomic mass is 9.71. The normalized spacial score (nSPS) is 13.1.